The van der Waals surface area contributed by atoms with E-state index in [0.717, 1.165) is 41.6 Å². The second-order valence-corrected chi connectivity index (χ2v) is 7.58. The summed E-state index contributed by atoms with van der Waals surface area (Å²) in [7, 11) is 4.64. The number of ether oxygens (including phenoxy) is 1. The van der Waals surface area contributed by atoms with Crippen molar-refractivity contribution in [2.45, 2.75) is 31.1 Å². The van der Waals surface area contributed by atoms with Crippen LogP contribution in [0.2, 0.25) is 0 Å². The quantitative estimate of drug-likeness (QED) is 0.753. The Morgan fingerprint density at radius 2 is 1.90 bits per heavy atom. The van der Waals surface area contributed by atoms with E-state index in [4.69, 9.17) is 4.74 Å². The highest BCUT2D eigenvalue weighted by atomic mass is 16.5. The first kappa shape index (κ1) is 20.6. The SMILES string of the molecule is COc1ccccc1C1(CNC(=O)/C=C/c2cn(C)c(=O)n(C)c2=O)CCCC1. The van der Waals surface area contributed by atoms with Crippen LogP contribution < -0.4 is 21.3 Å². The van der Waals surface area contributed by atoms with Crippen molar-refractivity contribution in [3.05, 3.63) is 68.5 Å². The molecule has 3 rings (SSSR count). The van der Waals surface area contributed by atoms with Gasteiger partial charge < -0.3 is 14.6 Å². The molecule has 0 bridgehead atoms. The molecule has 1 heterocycles. The van der Waals surface area contributed by atoms with Gasteiger partial charge in [-0.15, -0.1) is 0 Å². The van der Waals surface area contributed by atoms with E-state index in [1.807, 2.05) is 18.2 Å². The minimum Gasteiger partial charge on any atom is -0.496 e. The number of para-hydroxylation sites is 1. The number of benzene rings is 1. The van der Waals surface area contributed by atoms with Crippen LogP contribution in [0, 0.1) is 0 Å². The summed E-state index contributed by atoms with van der Waals surface area (Å²) in [4.78, 5) is 36.4. The number of carbonyl (C=O) groups is 1. The van der Waals surface area contributed by atoms with E-state index in [-0.39, 0.29) is 16.9 Å². The largest absolute Gasteiger partial charge is 0.496 e. The molecular formula is C22H27N3O4. The van der Waals surface area contributed by atoms with Crippen LogP contribution >= 0.6 is 0 Å². The fourth-order valence-corrected chi connectivity index (χ4v) is 4.11. The summed E-state index contributed by atoms with van der Waals surface area (Å²) in [6.07, 6.45) is 8.41. The maximum atomic E-state index is 12.4. The van der Waals surface area contributed by atoms with Crippen LogP contribution in [-0.4, -0.2) is 28.7 Å². The molecule has 0 radical (unpaired) electrons. The van der Waals surface area contributed by atoms with Gasteiger partial charge in [0.05, 0.1) is 12.7 Å². The van der Waals surface area contributed by atoms with Gasteiger partial charge in [0.15, 0.2) is 0 Å². The highest BCUT2D eigenvalue weighted by Gasteiger charge is 2.37. The zero-order valence-corrected chi connectivity index (χ0v) is 17.1. The van der Waals surface area contributed by atoms with E-state index in [1.165, 1.54) is 30.0 Å². The molecule has 1 N–H and O–H groups in total. The fraction of sp³-hybridized carbons (Fsp3) is 0.409. The Kier molecular flexibility index (Phi) is 6.06. The summed E-state index contributed by atoms with van der Waals surface area (Å²) in [5.74, 6) is 0.565. The first-order valence-electron chi connectivity index (χ1n) is 9.74. The molecule has 29 heavy (non-hydrogen) atoms. The van der Waals surface area contributed by atoms with Crippen molar-refractivity contribution in [3.8, 4) is 5.75 Å². The van der Waals surface area contributed by atoms with Crippen molar-refractivity contribution in [2.24, 2.45) is 14.1 Å². The minimum atomic E-state index is -0.432. The standard InChI is InChI=1S/C22H27N3O4/c1-24-14-16(20(27)25(2)21(24)28)10-11-19(26)23-15-22(12-6-7-13-22)17-8-4-5-9-18(17)29-3/h4-5,8-11,14H,6-7,12-13,15H2,1-3H3,(H,23,26)/b11-10+. The Morgan fingerprint density at radius 3 is 2.59 bits per heavy atom. The molecule has 1 aromatic heterocycles. The molecule has 1 aromatic carbocycles. The summed E-state index contributed by atoms with van der Waals surface area (Å²) in [5, 5.41) is 2.99. The van der Waals surface area contributed by atoms with Gasteiger partial charge in [0.1, 0.15) is 5.75 Å². The molecule has 0 spiro atoms. The summed E-state index contributed by atoms with van der Waals surface area (Å²) < 4.78 is 7.88. The first-order chi connectivity index (χ1) is 13.9. The van der Waals surface area contributed by atoms with E-state index < -0.39 is 11.2 Å². The molecule has 1 aliphatic rings. The van der Waals surface area contributed by atoms with Gasteiger partial charge in [-0.05, 0) is 25.0 Å². The van der Waals surface area contributed by atoms with Crippen LogP contribution in [0.3, 0.4) is 0 Å². The van der Waals surface area contributed by atoms with Crippen LogP contribution in [0.1, 0.15) is 36.8 Å². The monoisotopic (exact) mass is 397 g/mol. The molecule has 0 aliphatic heterocycles. The number of carbonyl (C=O) groups excluding carboxylic acids is 1. The van der Waals surface area contributed by atoms with E-state index in [1.54, 1.807) is 14.2 Å². The molecule has 154 valence electrons. The lowest BCUT2D eigenvalue weighted by Crippen LogP contribution is -2.39. The van der Waals surface area contributed by atoms with Gasteiger partial charge in [-0.25, -0.2) is 4.79 Å². The third-order valence-electron chi connectivity index (χ3n) is 5.73. The summed E-state index contributed by atoms with van der Waals surface area (Å²) in [5.41, 5.74) is 0.416. The van der Waals surface area contributed by atoms with Crippen LogP contribution in [0.5, 0.6) is 5.75 Å². The molecule has 1 fully saturated rings. The zero-order chi connectivity index (χ0) is 21.0. The minimum absolute atomic E-state index is 0.150. The van der Waals surface area contributed by atoms with Gasteiger partial charge in [0.25, 0.3) is 5.56 Å². The second kappa shape index (κ2) is 8.51. The van der Waals surface area contributed by atoms with Crippen molar-refractivity contribution < 1.29 is 9.53 Å². The Balaban J connectivity index is 1.76. The Morgan fingerprint density at radius 1 is 1.21 bits per heavy atom. The lowest BCUT2D eigenvalue weighted by atomic mass is 9.78. The van der Waals surface area contributed by atoms with Crippen molar-refractivity contribution in [1.29, 1.82) is 0 Å². The third kappa shape index (κ3) is 4.18. The van der Waals surface area contributed by atoms with Gasteiger partial charge in [-0.1, -0.05) is 31.0 Å². The van der Waals surface area contributed by atoms with Crippen molar-refractivity contribution in [3.63, 3.8) is 0 Å². The Labute approximate surface area is 169 Å². The van der Waals surface area contributed by atoms with Gasteiger partial charge >= 0.3 is 5.69 Å². The number of amides is 1. The first-order valence-corrected chi connectivity index (χ1v) is 9.74. The Bertz CT molecular complexity index is 1040. The highest BCUT2D eigenvalue weighted by Crippen LogP contribution is 2.44. The molecule has 7 nitrogen and oxygen atoms in total. The smallest absolute Gasteiger partial charge is 0.330 e. The third-order valence-corrected chi connectivity index (χ3v) is 5.73. The van der Waals surface area contributed by atoms with Crippen LogP contribution in [0.15, 0.2) is 46.1 Å². The van der Waals surface area contributed by atoms with Gasteiger partial charge in [0.2, 0.25) is 5.91 Å². The van der Waals surface area contributed by atoms with Gasteiger partial charge in [0, 0.05) is 43.9 Å². The normalized spacial score (nSPS) is 15.6. The molecule has 2 aromatic rings. The lowest BCUT2D eigenvalue weighted by Gasteiger charge is -2.31. The molecule has 7 heteroatoms. The molecular weight excluding hydrogens is 370 g/mol. The number of aryl methyl sites for hydroxylation is 1. The summed E-state index contributed by atoms with van der Waals surface area (Å²) in [6, 6.07) is 7.96. The molecule has 1 saturated carbocycles. The van der Waals surface area contributed by atoms with Crippen LogP contribution in [0.4, 0.5) is 0 Å². The number of aromatic nitrogens is 2. The van der Waals surface area contributed by atoms with Crippen molar-refractivity contribution >= 4 is 12.0 Å². The molecule has 1 amide bonds. The van der Waals surface area contributed by atoms with Crippen LogP contribution in [0.25, 0.3) is 6.08 Å². The van der Waals surface area contributed by atoms with Crippen LogP contribution in [-0.2, 0) is 24.3 Å². The number of nitrogens with one attached hydrogen (secondary N) is 1. The van der Waals surface area contributed by atoms with Crippen molar-refractivity contribution in [1.82, 2.24) is 14.5 Å². The van der Waals surface area contributed by atoms with E-state index >= 15 is 0 Å². The number of hydrogen-bond acceptors (Lipinski definition) is 4. The number of hydrogen-bond donors (Lipinski definition) is 1. The topological polar surface area (TPSA) is 82.3 Å². The lowest BCUT2D eigenvalue weighted by molar-refractivity contribution is -0.116. The predicted molar refractivity (Wildman–Crippen MR) is 112 cm³/mol. The fourth-order valence-electron chi connectivity index (χ4n) is 4.11. The zero-order valence-electron chi connectivity index (χ0n) is 17.1. The maximum Gasteiger partial charge on any atom is 0.330 e. The molecule has 0 saturated heterocycles. The van der Waals surface area contributed by atoms with Gasteiger partial charge in [-0.2, -0.15) is 0 Å². The van der Waals surface area contributed by atoms with E-state index in [0.29, 0.717) is 6.54 Å². The Hall–Kier alpha value is -3.09. The average Bonchev–Trinajstić information content (AvgIpc) is 3.22. The summed E-state index contributed by atoms with van der Waals surface area (Å²) >= 11 is 0. The summed E-state index contributed by atoms with van der Waals surface area (Å²) in [6.45, 7) is 0.502. The second-order valence-electron chi connectivity index (χ2n) is 7.58. The number of rotatable bonds is 6. The number of methoxy groups -OCH3 is 1. The highest BCUT2D eigenvalue weighted by molar-refractivity contribution is 5.91. The number of nitrogens with zero attached hydrogens (tertiary/aromatic N) is 2. The van der Waals surface area contributed by atoms with E-state index in [2.05, 4.69) is 11.4 Å². The molecule has 1 aliphatic carbocycles. The van der Waals surface area contributed by atoms with Crippen molar-refractivity contribution in [2.75, 3.05) is 13.7 Å². The molecule has 0 atom stereocenters. The molecule has 0 unspecified atom stereocenters. The van der Waals surface area contributed by atoms with E-state index in [9.17, 15) is 14.4 Å². The average molecular weight is 397 g/mol. The van der Waals surface area contributed by atoms with Gasteiger partial charge in [-0.3, -0.25) is 14.2 Å². The maximum absolute atomic E-state index is 12.4. The predicted octanol–water partition coefficient (Wildman–Crippen LogP) is 1.73.